The van der Waals surface area contributed by atoms with Gasteiger partial charge in [0.1, 0.15) is 0 Å². The van der Waals surface area contributed by atoms with Gasteiger partial charge in [0.2, 0.25) is 0 Å². The van der Waals surface area contributed by atoms with Crippen LogP contribution in [0.4, 0.5) is 5.69 Å². The minimum atomic E-state index is 0.659. The van der Waals surface area contributed by atoms with Crippen molar-refractivity contribution < 1.29 is 0 Å². The van der Waals surface area contributed by atoms with Crippen LogP contribution in [0.3, 0.4) is 0 Å². The predicted octanol–water partition coefficient (Wildman–Crippen LogP) is 4.83. The second kappa shape index (κ2) is 5.01. The molecule has 1 aliphatic carbocycles. The lowest BCUT2D eigenvalue weighted by atomic mass is 9.87. The van der Waals surface area contributed by atoms with Crippen LogP contribution in [0.15, 0.2) is 42.5 Å². The van der Waals surface area contributed by atoms with Gasteiger partial charge in [0.15, 0.2) is 0 Å². The van der Waals surface area contributed by atoms with Crippen molar-refractivity contribution in [3.8, 4) is 0 Å². The van der Waals surface area contributed by atoms with E-state index >= 15 is 0 Å². The van der Waals surface area contributed by atoms with Gasteiger partial charge in [-0.15, -0.1) is 0 Å². The zero-order chi connectivity index (χ0) is 12.4. The molecule has 0 spiro atoms. The number of anilines is 1. The molecular weight excluding hydrogens is 218 g/mol. The summed E-state index contributed by atoms with van der Waals surface area (Å²) >= 11 is 0. The van der Waals surface area contributed by atoms with Crippen LogP contribution in [0.5, 0.6) is 0 Å². The normalized spacial score (nSPS) is 24.1. The fraction of sp³-hybridized carbons (Fsp3) is 0.412. The van der Waals surface area contributed by atoms with Crippen LogP contribution in [0, 0.1) is 5.92 Å². The van der Waals surface area contributed by atoms with Gasteiger partial charge < -0.3 is 5.32 Å². The van der Waals surface area contributed by atoms with Crippen LogP contribution in [-0.2, 0) is 0 Å². The quantitative estimate of drug-likeness (QED) is 0.791. The third kappa shape index (κ3) is 2.35. The fourth-order valence-corrected chi connectivity index (χ4v) is 2.98. The van der Waals surface area contributed by atoms with Gasteiger partial charge in [-0.1, -0.05) is 43.3 Å². The Kier molecular flexibility index (Phi) is 3.22. The zero-order valence-corrected chi connectivity index (χ0v) is 11.0. The second-order valence-electron chi connectivity index (χ2n) is 5.63. The Morgan fingerprint density at radius 3 is 2.44 bits per heavy atom. The Bertz CT molecular complexity index is 519. The molecule has 0 bridgehead atoms. The summed E-state index contributed by atoms with van der Waals surface area (Å²) in [7, 11) is 0. The Labute approximate surface area is 109 Å². The molecule has 0 aliphatic heterocycles. The number of hydrogen-bond donors (Lipinski definition) is 1. The van der Waals surface area contributed by atoms with Crippen molar-refractivity contribution in [2.24, 2.45) is 5.92 Å². The largest absolute Gasteiger partial charge is 0.382 e. The van der Waals surface area contributed by atoms with E-state index in [4.69, 9.17) is 0 Å². The summed E-state index contributed by atoms with van der Waals surface area (Å²) in [6, 6.07) is 15.8. The molecule has 1 fully saturated rings. The van der Waals surface area contributed by atoms with Gasteiger partial charge in [-0.3, -0.25) is 0 Å². The molecule has 1 N–H and O–H groups in total. The van der Waals surface area contributed by atoms with Crippen LogP contribution in [-0.4, -0.2) is 6.04 Å². The molecule has 1 aliphatic rings. The molecule has 0 heterocycles. The van der Waals surface area contributed by atoms with Crippen molar-refractivity contribution in [3.63, 3.8) is 0 Å². The van der Waals surface area contributed by atoms with E-state index < -0.39 is 0 Å². The molecule has 0 atom stereocenters. The first-order valence-electron chi connectivity index (χ1n) is 7.07. The van der Waals surface area contributed by atoms with E-state index in [9.17, 15) is 0 Å². The standard InChI is InChI=1S/C17H21N/c1-13-9-11-15(12-10-13)18-17-8-4-6-14-5-2-3-7-16(14)17/h2-8,13,15,18H,9-12H2,1H3. The summed E-state index contributed by atoms with van der Waals surface area (Å²) in [4.78, 5) is 0. The van der Waals surface area contributed by atoms with Crippen LogP contribution >= 0.6 is 0 Å². The highest BCUT2D eigenvalue weighted by Crippen LogP contribution is 2.29. The van der Waals surface area contributed by atoms with Crippen LogP contribution in [0.1, 0.15) is 32.6 Å². The Hall–Kier alpha value is -1.50. The van der Waals surface area contributed by atoms with Gasteiger partial charge in [0.25, 0.3) is 0 Å². The number of benzene rings is 2. The number of hydrogen-bond acceptors (Lipinski definition) is 1. The van der Waals surface area contributed by atoms with Crippen LogP contribution < -0.4 is 5.32 Å². The van der Waals surface area contributed by atoms with Crippen molar-refractivity contribution >= 4 is 16.5 Å². The molecular formula is C17H21N. The summed E-state index contributed by atoms with van der Waals surface area (Å²) in [6.45, 7) is 2.37. The highest BCUT2D eigenvalue weighted by Gasteiger charge is 2.18. The molecule has 0 unspecified atom stereocenters. The highest BCUT2D eigenvalue weighted by atomic mass is 14.9. The van der Waals surface area contributed by atoms with E-state index in [1.54, 1.807) is 0 Å². The molecule has 2 aromatic rings. The third-order valence-electron chi connectivity index (χ3n) is 4.17. The number of nitrogens with one attached hydrogen (secondary N) is 1. The van der Waals surface area contributed by atoms with Gasteiger partial charge in [0.05, 0.1) is 0 Å². The average Bonchev–Trinajstić information content (AvgIpc) is 2.42. The van der Waals surface area contributed by atoms with E-state index in [0.29, 0.717) is 6.04 Å². The fourth-order valence-electron chi connectivity index (χ4n) is 2.98. The summed E-state index contributed by atoms with van der Waals surface area (Å²) in [6.07, 6.45) is 5.35. The van der Waals surface area contributed by atoms with E-state index in [-0.39, 0.29) is 0 Å². The number of rotatable bonds is 2. The Morgan fingerprint density at radius 2 is 1.61 bits per heavy atom. The lowest BCUT2D eigenvalue weighted by Crippen LogP contribution is -2.25. The van der Waals surface area contributed by atoms with Crippen molar-refractivity contribution in [2.45, 2.75) is 38.6 Å². The molecule has 18 heavy (non-hydrogen) atoms. The minimum absolute atomic E-state index is 0.659. The van der Waals surface area contributed by atoms with Gasteiger partial charge in [-0.25, -0.2) is 0 Å². The zero-order valence-electron chi connectivity index (χ0n) is 11.0. The first-order valence-corrected chi connectivity index (χ1v) is 7.07. The monoisotopic (exact) mass is 239 g/mol. The van der Waals surface area contributed by atoms with E-state index in [2.05, 4.69) is 54.7 Å². The maximum Gasteiger partial charge on any atom is 0.0422 e. The predicted molar refractivity (Wildman–Crippen MR) is 79.0 cm³/mol. The van der Waals surface area contributed by atoms with Crippen molar-refractivity contribution in [1.82, 2.24) is 0 Å². The number of fused-ring (bicyclic) bond motifs is 1. The van der Waals surface area contributed by atoms with Gasteiger partial charge in [-0.05, 0) is 43.1 Å². The summed E-state index contributed by atoms with van der Waals surface area (Å²) < 4.78 is 0. The van der Waals surface area contributed by atoms with Crippen molar-refractivity contribution in [3.05, 3.63) is 42.5 Å². The van der Waals surface area contributed by atoms with Crippen molar-refractivity contribution in [1.29, 1.82) is 0 Å². The third-order valence-corrected chi connectivity index (χ3v) is 4.17. The molecule has 0 saturated heterocycles. The van der Waals surface area contributed by atoms with Crippen molar-refractivity contribution in [2.75, 3.05) is 5.32 Å². The molecule has 3 rings (SSSR count). The first-order chi connectivity index (χ1) is 8.83. The SMILES string of the molecule is CC1CCC(Nc2cccc3ccccc23)CC1. The van der Waals surface area contributed by atoms with Gasteiger partial charge >= 0.3 is 0 Å². The molecule has 2 aromatic carbocycles. The van der Waals surface area contributed by atoms with E-state index in [1.165, 1.54) is 42.1 Å². The topological polar surface area (TPSA) is 12.0 Å². The molecule has 0 amide bonds. The molecule has 1 nitrogen and oxygen atoms in total. The lowest BCUT2D eigenvalue weighted by Gasteiger charge is -2.28. The highest BCUT2D eigenvalue weighted by molar-refractivity contribution is 5.93. The molecule has 0 radical (unpaired) electrons. The molecule has 1 heteroatoms. The average molecular weight is 239 g/mol. The Morgan fingerprint density at radius 1 is 0.889 bits per heavy atom. The summed E-state index contributed by atoms with van der Waals surface area (Å²) in [5, 5.41) is 6.42. The van der Waals surface area contributed by atoms with Crippen LogP contribution in [0.2, 0.25) is 0 Å². The maximum atomic E-state index is 3.74. The summed E-state index contributed by atoms with van der Waals surface area (Å²) in [5.41, 5.74) is 1.30. The smallest absolute Gasteiger partial charge is 0.0422 e. The van der Waals surface area contributed by atoms with Gasteiger partial charge in [0, 0.05) is 17.1 Å². The molecule has 1 saturated carbocycles. The summed E-state index contributed by atoms with van der Waals surface area (Å²) in [5.74, 6) is 0.913. The first kappa shape index (κ1) is 11.6. The van der Waals surface area contributed by atoms with E-state index in [0.717, 1.165) is 5.92 Å². The second-order valence-corrected chi connectivity index (χ2v) is 5.63. The van der Waals surface area contributed by atoms with Crippen LogP contribution in [0.25, 0.3) is 10.8 Å². The van der Waals surface area contributed by atoms with Gasteiger partial charge in [-0.2, -0.15) is 0 Å². The van der Waals surface area contributed by atoms with E-state index in [1.807, 2.05) is 0 Å². The minimum Gasteiger partial charge on any atom is -0.382 e. The lowest BCUT2D eigenvalue weighted by molar-refractivity contribution is 0.361. The maximum absolute atomic E-state index is 3.74. The molecule has 0 aromatic heterocycles. The Balaban J connectivity index is 1.82. The molecule has 94 valence electrons.